The number of hydrogen-bond acceptors (Lipinski definition) is 1. The van der Waals surface area contributed by atoms with E-state index in [4.69, 9.17) is 0 Å². The summed E-state index contributed by atoms with van der Waals surface area (Å²) in [6.07, 6.45) is 1.27. The van der Waals surface area contributed by atoms with Gasteiger partial charge < -0.3 is 4.98 Å². The Kier molecular flexibility index (Phi) is 1.56. The first kappa shape index (κ1) is 9.20. The molecule has 0 saturated heterocycles. The van der Waals surface area contributed by atoms with E-state index in [9.17, 15) is 4.79 Å². The molecule has 0 radical (unpaired) electrons. The molecule has 1 heterocycles. The van der Waals surface area contributed by atoms with E-state index in [1.54, 1.807) is 6.07 Å². The van der Waals surface area contributed by atoms with Crippen molar-refractivity contribution in [2.45, 2.75) is 39.0 Å². The van der Waals surface area contributed by atoms with Gasteiger partial charge in [0.25, 0.3) is 0 Å². The molecule has 3 atom stereocenters. The standard InChI is InChI=1S/C13H17NO/c1-7-6-9-11(13(9,2)3)12-8(7)4-5-10(15)14-12/h4-5,7,9,11H,6H2,1-3H3,(H,14,15)/t7-,9+,11+/m1/s1. The Morgan fingerprint density at radius 1 is 1.40 bits per heavy atom. The molecule has 0 aliphatic heterocycles. The summed E-state index contributed by atoms with van der Waals surface area (Å²) in [5.74, 6) is 1.97. The van der Waals surface area contributed by atoms with Crippen LogP contribution in [0.4, 0.5) is 0 Å². The van der Waals surface area contributed by atoms with Crippen molar-refractivity contribution in [3.05, 3.63) is 33.7 Å². The Morgan fingerprint density at radius 3 is 2.87 bits per heavy atom. The second-order valence-corrected chi connectivity index (χ2v) is 5.73. The molecule has 0 unspecified atom stereocenters. The smallest absolute Gasteiger partial charge is 0.248 e. The zero-order valence-electron chi connectivity index (χ0n) is 9.50. The Labute approximate surface area is 89.7 Å². The quantitative estimate of drug-likeness (QED) is 0.690. The highest BCUT2D eigenvalue weighted by atomic mass is 16.1. The molecular formula is C13H17NO. The SMILES string of the molecule is C[C@@H]1C[C@H]2[C@@H](c3[nH]c(=O)ccc31)C2(C)C. The molecule has 2 heteroatoms. The van der Waals surface area contributed by atoms with Crippen molar-refractivity contribution in [3.8, 4) is 0 Å². The summed E-state index contributed by atoms with van der Waals surface area (Å²) in [7, 11) is 0. The summed E-state index contributed by atoms with van der Waals surface area (Å²) in [6, 6.07) is 3.68. The van der Waals surface area contributed by atoms with Gasteiger partial charge in [-0.2, -0.15) is 0 Å². The molecule has 15 heavy (non-hydrogen) atoms. The lowest BCUT2D eigenvalue weighted by atomic mass is 9.87. The molecule has 0 aromatic carbocycles. The van der Waals surface area contributed by atoms with E-state index in [2.05, 4.69) is 25.8 Å². The van der Waals surface area contributed by atoms with Crippen LogP contribution >= 0.6 is 0 Å². The molecule has 2 aliphatic rings. The van der Waals surface area contributed by atoms with Crippen molar-refractivity contribution >= 4 is 0 Å². The number of fused-ring (bicyclic) bond motifs is 3. The highest BCUT2D eigenvalue weighted by Crippen LogP contribution is 2.69. The zero-order valence-corrected chi connectivity index (χ0v) is 9.50. The zero-order chi connectivity index (χ0) is 10.8. The highest BCUT2D eigenvalue weighted by Gasteiger charge is 2.61. The number of aromatic nitrogens is 1. The summed E-state index contributed by atoms with van der Waals surface area (Å²) >= 11 is 0. The Balaban J connectivity index is 2.18. The monoisotopic (exact) mass is 203 g/mol. The van der Waals surface area contributed by atoms with E-state index in [0.29, 0.717) is 17.3 Å². The van der Waals surface area contributed by atoms with E-state index in [0.717, 1.165) is 5.92 Å². The van der Waals surface area contributed by atoms with Crippen LogP contribution in [0.3, 0.4) is 0 Å². The van der Waals surface area contributed by atoms with Crippen LogP contribution in [0, 0.1) is 11.3 Å². The number of H-pyrrole nitrogens is 1. The fraction of sp³-hybridized carbons (Fsp3) is 0.615. The van der Waals surface area contributed by atoms with Gasteiger partial charge in [0.2, 0.25) is 5.56 Å². The van der Waals surface area contributed by atoms with Gasteiger partial charge in [0.1, 0.15) is 0 Å². The molecular weight excluding hydrogens is 186 g/mol. The van der Waals surface area contributed by atoms with Crippen molar-refractivity contribution in [1.29, 1.82) is 0 Å². The topological polar surface area (TPSA) is 32.9 Å². The van der Waals surface area contributed by atoms with Crippen molar-refractivity contribution in [3.63, 3.8) is 0 Å². The molecule has 0 bridgehead atoms. The van der Waals surface area contributed by atoms with Gasteiger partial charge in [-0.1, -0.05) is 26.8 Å². The van der Waals surface area contributed by atoms with Gasteiger partial charge in [0.15, 0.2) is 0 Å². The molecule has 1 N–H and O–H groups in total. The van der Waals surface area contributed by atoms with Crippen molar-refractivity contribution in [1.82, 2.24) is 4.98 Å². The van der Waals surface area contributed by atoms with Crippen LogP contribution in [0.2, 0.25) is 0 Å². The van der Waals surface area contributed by atoms with Crippen molar-refractivity contribution in [2.24, 2.45) is 11.3 Å². The Hall–Kier alpha value is -1.05. The highest BCUT2D eigenvalue weighted by molar-refractivity contribution is 5.39. The summed E-state index contributed by atoms with van der Waals surface area (Å²) in [4.78, 5) is 14.4. The van der Waals surface area contributed by atoms with Crippen LogP contribution in [0.15, 0.2) is 16.9 Å². The molecule has 80 valence electrons. The number of rotatable bonds is 0. The first-order valence-corrected chi connectivity index (χ1v) is 5.75. The third-order valence-corrected chi connectivity index (χ3v) is 4.48. The van der Waals surface area contributed by atoms with E-state index < -0.39 is 0 Å². The van der Waals surface area contributed by atoms with E-state index in [-0.39, 0.29) is 5.56 Å². The maximum Gasteiger partial charge on any atom is 0.248 e. The summed E-state index contributed by atoms with van der Waals surface area (Å²) in [5.41, 5.74) is 3.02. The van der Waals surface area contributed by atoms with Crippen LogP contribution < -0.4 is 5.56 Å². The number of aromatic amines is 1. The lowest BCUT2D eigenvalue weighted by molar-refractivity contribution is 0.500. The fourth-order valence-corrected chi connectivity index (χ4v) is 3.45. The van der Waals surface area contributed by atoms with E-state index in [1.807, 2.05) is 6.07 Å². The van der Waals surface area contributed by atoms with Gasteiger partial charge in [-0.3, -0.25) is 4.79 Å². The summed E-state index contributed by atoms with van der Waals surface area (Å²) in [6.45, 7) is 6.90. The number of hydrogen-bond donors (Lipinski definition) is 1. The normalized spacial score (nSPS) is 35.5. The molecule has 1 fully saturated rings. The first-order valence-electron chi connectivity index (χ1n) is 5.75. The predicted octanol–water partition coefficient (Wildman–Crippen LogP) is 2.62. The van der Waals surface area contributed by atoms with E-state index in [1.165, 1.54) is 17.7 Å². The molecule has 0 spiro atoms. The molecule has 0 amide bonds. The van der Waals surface area contributed by atoms with Crippen molar-refractivity contribution in [2.75, 3.05) is 0 Å². The molecule has 2 nitrogen and oxygen atoms in total. The average Bonchev–Trinajstić information content (AvgIpc) is 2.68. The van der Waals surface area contributed by atoms with Crippen LogP contribution in [0.5, 0.6) is 0 Å². The third kappa shape index (κ3) is 1.08. The van der Waals surface area contributed by atoms with Crippen LogP contribution in [-0.4, -0.2) is 4.98 Å². The van der Waals surface area contributed by atoms with Gasteiger partial charge in [-0.25, -0.2) is 0 Å². The molecule has 1 aromatic heterocycles. The van der Waals surface area contributed by atoms with Gasteiger partial charge in [0.05, 0.1) is 0 Å². The second kappa shape index (κ2) is 2.55. The molecule has 2 aliphatic carbocycles. The lowest BCUT2D eigenvalue weighted by Gasteiger charge is -2.20. The average molecular weight is 203 g/mol. The third-order valence-electron chi connectivity index (χ3n) is 4.48. The number of pyridine rings is 1. The molecule has 1 aromatic rings. The van der Waals surface area contributed by atoms with Gasteiger partial charge in [0, 0.05) is 17.7 Å². The minimum atomic E-state index is 0.0456. The largest absolute Gasteiger partial charge is 0.326 e. The molecule has 3 rings (SSSR count). The van der Waals surface area contributed by atoms with Gasteiger partial charge >= 0.3 is 0 Å². The van der Waals surface area contributed by atoms with E-state index >= 15 is 0 Å². The lowest BCUT2D eigenvalue weighted by Crippen LogP contribution is -2.15. The Morgan fingerprint density at radius 2 is 2.13 bits per heavy atom. The van der Waals surface area contributed by atoms with Crippen molar-refractivity contribution < 1.29 is 0 Å². The minimum absolute atomic E-state index is 0.0456. The minimum Gasteiger partial charge on any atom is -0.326 e. The fourth-order valence-electron chi connectivity index (χ4n) is 3.45. The van der Waals surface area contributed by atoms with Crippen LogP contribution in [-0.2, 0) is 0 Å². The van der Waals surface area contributed by atoms with Crippen LogP contribution in [0.25, 0.3) is 0 Å². The van der Waals surface area contributed by atoms with Crippen LogP contribution in [0.1, 0.15) is 50.3 Å². The summed E-state index contributed by atoms with van der Waals surface area (Å²) in [5, 5.41) is 0. The number of nitrogens with one attached hydrogen (secondary N) is 1. The Bertz CT molecular complexity index is 472. The predicted molar refractivity (Wildman–Crippen MR) is 60.1 cm³/mol. The van der Waals surface area contributed by atoms with Gasteiger partial charge in [-0.15, -0.1) is 0 Å². The maximum absolute atomic E-state index is 11.4. The maximum atomic E-state index is 11.4. The first-order chi connectivity index (χ1) is 7.01. The molecule has 1 saturated carbocycles. The summed E-state index contributed by atoms with van der Waals surface area (Å²) < 4.78 is 0. The second-order valence-electron chi connectivity index (χ2n) is 5.73. The van der Waals surface area contributed by atoms with Gasteiger partial charge in [-0.05, 0) is 29.2 Å².